The molecule has 0 amide bonds. The Morgan fingerprint density at radius 1 is 1.09 bits per heavy atom. The second kappa shape index (κ2) is 11.7. The van der Waals surface area contributed by atoms with Crippen LogP contribution in [-0.2, 0) is 16.7 Å². The van der Waals surface area contributed by atoms with E-state index in [4.69, 9.17) is 17.3 Å². The first-order valence-electron chi connectivity index (χ1n) is 14.2. The van der Waals surface area contributed by atoms with E-state index in [2.05, 4.69) is 31.2 Å². The number of carbonyl (C=O) groups excluding carboxylic acids is 1. The largest absolute Gasteiger partial charge is 0.418 e. The van der Waals surface area contributed by atoms with Gasteiger partial charge in [0.1, 0.15) is 5.82 Å². The number of carbonyl (C=O) groups is 1. The Kier molecular flexibility index (Phi) is 8.43. The molecule has 1 aliphatic carbocycles. The van der Waals surface area contributed by atoms with Crippen LogP contribution in [0.1, 0.15) is 66.0 Å². The highest BCUT2D eigenvalue weighted by Gasteiger charge is 2.47. The predicted molar refractivity (Wildman–Crippen MR) is 170 cm³/mol. The number of anilines is 1. The van der Waals surface area contributed by atoms with Crippen LogP contribution in [0.15, 0.2) is 82.2 Å². The zero-order chi connectivity index (χ0) is 32.1. The third-order valence-corrected chi connectivity index (χ3v) is 9.83. The number of nitrogens with zero attached hydrogens (tertiary/aromatic N) is 2. The Morgan fingerprint density at radius 3 is 2.45 bits per heavy atom. The predicted octanol–water partition coefficient (Wildman–Crippen LogP) is 9.52. The second-order valence-corrected chi connectivity index (χ2v) is 13.8. The molecular formula is C35H33ClF3N3OS. The number of nitriles is 1. The van der Waals surface area contributed by atoms with Crippen molar-refractivity contribution in [3.8, 4) is 6.07 Å². The van der Waals surface area contributed by atoms with Crippen LogP contribution in [0.3, 0.4) is 0 Å². The fourth-order valence-electron chi connectivity index (χ4n) is 6.31. The van der Waals surface area contributed by atoms with Crippen molar-refractivity contribution < 1.29 is 18.0 Å². The third-order valence-electron chi connectivity index (χ3n) is 8.37. The Bertz CT molecular complexity index is 1780. The van der Waals surface area contributed by atoms with E-state index in [0.29, 0.717) is 23.4 Å². The first-order chi connectivity index (χ1) is 20.6. The maximum absolute atomic E-state index is 14.4. The monoisotopic (exact) mass is 635 g/mol. The topological polar surface area (TPSA) is 70.1 Å². The summed E-state index contributed by atoms with van der Waals surface area (Å²) in [6.45, 7) is 9.81. The van der Waals surface area contributed by atoms with Gasteiger partial charge in [0.05, 0.1) is 28.8 Å². The number of allylic oxidation sites excluding steroid dienone is 3. The number of hydrogen-bond acceptors (Lipinski definition) is 5. The fraction of sp³-hybridized carbons (Fsp3) is 0.314. The summed E-state index contributed by atoms with van der Waals surface area (Å²) in [5.74, 6) is -0.464. The maximum Gasteiger partial charge on any atom is 0.418 e. The van der Waals surface area contributed by atoms with Crippen molar-refractivity contribution in [3.63, 3.8) is 0 Å². The van der Waals surface area contributed by atoms with E-state index in [1.165, 1.54) is 22.6 Å². The first kappa shape index (κ1) is 31.7. The minimum absolute atomic E-state index is 0.0473. The summed E-state index contributed by atoms with van der Waals surface area (Å²) in [6, 6.07) is 17.8. The van der Waals surface area contributed by atoms with Crippen LogP contribution in [-0.4, -0.2) is 5.78 Å². The van der Waals surface area contributed by atoms with Crippen molar-refractivity contribution in [2.75, 3.05) is 4.90 Å². The summed E-state index contributed by atoms with van der Waals surface area (Å²) in [5.41, 5.74) is 10.5. The molecule has 9 heteroatoms. The van der Waals surface area contributed by atoms with E-state index in [9.17, 15) is 23.2 Å². The lowest BCUT2D eigenvalue weighted by atomic mass is 9.68. The average Bonchev–Trinajstić information content (AvgIpc) is 2.93. The quantitative estimate of drug-likeness (QED) is 0.283. The van der Waals surface area contributed by atoms with E-state index < -0.39 is 23.1 Å². The molecule has 0 bridgehead atoms. The van der Waals surface area contributed by atoms with Gasteiger partial charge in [-0.15, -0.1) is 11.8 Å². The van der Waals surface area contributed by atoms with E-state index >= 15 is 0 Å². The minimum atomic E-state index is -4.75. The Hall–Kier alpha value is -3.67. The number of alkyl halides is 3. The van der Waals surface area contributed by atoms with Crippen LogP contribution in [0.5, 0.6) is 0 Å². The Morgan fingerprint density at radius 2 is 1.80 bits per heavy atom. The number of Topliss-reactive ketones (excluding diaryl/α,β-unsaturated/α-hetero) is 1. The second-order valence-electron chi connectivity index (χ2n) is 12.3. The van der Waals surface area contributed by atoms with Crippen LogP contribution < -0.4 is 10.6 Å². The highest BCUT2D eigenvalue weighted by molar-refractivity contribution is 7.98. The molecule has 2 N–H and O–H groups in total. The molecule has 4 nitrogen and oxygen atoms in total. The van der Waals surface area contributed by atoms with E-state index in [0.717, 1.165) is 33.2 Å². The molecule has 2 aliphatic rings. The summed E-state index contributed by atoms with van der Waals surface area (Å²) >= 11 is 7.71. The van der Waals surface area contributed by atoms with Gasteiger partial charge in [-0.3, -0.25) is 9.69 Å². The molecule has 44 heavy (non-hydrogen) atoms. The van der Waals surface area contributed by atoms with Crippen molar-refractivity contribution in [1.29, 1.82) is 5.26 Å². The molecule has 0 saturated heterocycles. The lowest BCUT2D eigenvalue weighted by molar-refractivity contribution is -0.137. The standard InChI is InChI=1S/C35H33ClF3N3OS/c1-19-12-22(18-44-30-9-7-6-8-20(30)2)21(3)24(13-19)31-25(17-40)33(41)42(28-15-34(4,5)16-29(43)32(28)31)27-11-10-23(36)14-26(27)35(37,38)39/h6-14,31H,15-16,18,41H2,1-5H3. The molecule has 3 aromatic rings. The van der Waals surface area contributed by atoms with Gasteiger partial charge in [0, 0.05) is 33.4 Å². The van der Waals surface area contributed by atoms with Gasteiger partial charge >= 0.3 is 6.18 Å². The highest BCUT2D eigenvalue weighted by atomic mass is 35.5. The summed E-state index contributed by atoms with van der Waals surface area (Å²) in [5, 5.41) is 10.4. The molecule has 1 heterocycles. The molecule has 1 unspecified atom stereocenters. The summed E-state index contributed by atoms with van der Waals surface area (Å²) in [4.78, 5) is 16.5. The first-order valence-corrected chi connectivity index (χ1v) is 15.6. The molecule has 3 aromatic carbocycles. The van der Waals surface area contributed by atoms with Crippen molar-refractivity contribution in [3.05, 3.63) is 116 Å². The number of hydrogen-bond donors (Lipinski definition) is 1. The maximum atomic E-state index is 14.4. The van der Waals surface area contributed by atoms with E-state index in [1.807, 2.05) is 45.9 Å². The number of thioether (sulfide) groups is 1. The fourth-order valence-corrected chi connectivity index (χ4v) is 7.57. The molecule has 5 rings (SSSR count). The number of nitrogens with two attached hydrogens (primary N) is 1. The molecule has 228 valence electrons. The molecule has 0 radical (unpaired) electrons. The number of aryl methyl sites for hydroxylation is 2. The molecule has 1 aliphatic heterocycles. The zero-order valence-corrected chi connectivity index (χ0v) is 26.8. The van der Waals surface area contributed by atoms with Crippen molar-refractivity contribution >= 4 is 34.8 Å². The highest BCUT2D eigenvalue weighted by Crippen LogP contribution is 2.52. The van der Waals surface area contributed by atoms with Gasteiger partial charge in [-0.1, -0.05) is 61.3 Å². The summed E-state index contributed by atoms with van der Waals surface area (Å²) in [6.07, 6.45) is -4.26. The van der Waals surface area contributed by atoms with E-state index in [1.54, 1.807) is 11.8 Å². The van der Waals surface area contributed by atoms with Crippen LogP contribution in [0, 0.1) is 37.5 Å². The van der Waals surface area contributed by atoms with Crippen molar-refractivity contribution in [1.82, 2.24) is 0 Å². The molecule has 0 saturated carbocycles. The van der Waals surface area contributed by atoms with Crippen molar-refractivity contribution in [2.45, 2.75) is 70.2 Å². The van der Waals surface area contributed by atoms with Gasteiger partial charge in [0.25, 0.3) is 0 Å². The van der Waals surface area contributed by atoms with Gasteiger partial charge in [-0.05, 0) is 79.1 Å². The SMILES string of the molecule is Cc1cc(CSc2ccccc2C)c(C)c(C2C(C#N)=C(N)N(c3ccc(Cl)cc3C(F)(F)F)C3=C2C(=O)CC(C)(C)C3)c1. The van der Waals surface area contributed by atoms with Gasteiger partial charge in [0.15, 0.2) is 5.78 Å². The Balaban J connectivity index is 1.73. The van der Waals surface area contributed by atoms with Crippen molar-refractivity contribution in [2.24, 2.45) is 11.1 Å². The zero-order valence-electron chi connectivity index (χ0n) is 25.2. The lowest BCUT2D eigenvalue weighted by Crippen LogP contribution is -2.42. The number of ketones is 1. The van der Waals surface area contributed by atoms with Gasteiger partial charge in [0.2, 0.25) is 0 Å². The van der Waals surface area contributed by atoms with Crippen LogP contribution in [0.2, 0.25) is 5.02 Å². The van der Waals surface area contributed by atoms with Crippen LogP contribution in [0.25, 0.3) is 0 Å². The van der Waals surface area contributed by atoms with Gasteiger partial charge in [-0.2, -0.15) is 18.4 Å². The normalized spacial score (nSPS) is 18.4. The summed E-state index contributed by atoms with van der Waals surface area (Å²) in [7, 11) is 0. The Labute approximate surface area is 265 Å². The average molecular weight is 636 g/mol. The smallest absolute Gasteiger partial charge is 0.384 e. The molecule has 0 aromatic heterocycles. The molecular weight excluding hydrogens is 603 g/mol. The van der Waals surface area contributed by atoms with Crippen LogP contribution >= 0.6 is 23.4 Å². The number of rotatable bonds is 5. The lowest BCUT2D eigenvalue weighted by Gasteiger charge is -2.44. The molecule has 0 fully saturated rings. The van der Waals surface area contributed by atoms with Gasteiger partial charge in [-0.25, -0.2) is 0 Å². The van der Waals surface area contributed by atoms with E-state index in [-0.39, 0.29) is 34.3 Å². The third kappa shape index (κ3) is 5.88. The molecule has 0 spiro atoms. The number of benzene rings is 3. The number of halogens is 4. The summed E-state index contributed by atoms with van der Waals surface area (Å²) < 4.78 is 43.1. The van der Waals surface area contributed by atoms with Gasteiger partial charge < -0.3 is 5.73 Å². The molecule has 1 atom stereocenters. The van der Waals surface area contributed by atoms with Crippen LogP contribution in [0.4, 0.5) is 18.9 Å². The minimum Gasteiger partial charge on any atom is -0.384 e.